The average molecular weight is 257 g/mol. The van der Waals surface area contributed by atoms with E-state index in [2.05, 4.69) is 0 Å². The SMILES string of the molecule is Nc1ccc2c(c1)N(CCCCl)C(=O)CS2. The van der Waals surface area contributed by atoms with Crippen LogP contribution in [-0.4, -0.2) is 24.1 Å². The van der Waals surface area contributed by atoms with Crippen molar-refractivity contribution in [2.75, 3.05) is 28.8 Å². The summed E-state index contributed by atoms with van der Waals surface area (Å²) in [5, 5.41) is 0. The van der Waals surface area contributed by atoms with Gasteiger partial charge >= 0.3 is 0 Å². The molecule has 0 unspecified atom stereocenters. The molecular formula is C11H13ClN2OS. The van der Waals surface area contributed by atoms with E-state index in [0.717, 1.165) is 17.0 Å². The highest BCUT2D eigenvalue weighted by Gasteiger charge is 2.24. The molecule has 3 nitrogen and oxygen atoms in total. The Morgan fingerprint density at radius 2 is 2.31 bits per heavy atom. The molecule has 0 bridgehead atoms. The monoisotopic (exact) mass is 256 g/mol. The Hall–Kier alpha value is -0.870. The average Bonchev–Trinajstić information content (AvgIpc) is 2.28. The van der Waals surface area contributed by atoms with Crippen molar-refractivity contribution in [3.8, 4) is 0 Å². The molecule has 1 heterocycles. The van der Waals surface area contributed by atoms with Crippen molar-refractivity contribution in [2.24, 2.45) is 0 Å². The zero-order valence-electron chi connectivity index (χ0n) is 8.78. The number of fused-ring (bicyclic) bond motifs is 1. The molecule has 0 aromatic heterocycles. The number of nitrogens with two attached hydrogens (primary N) is 1. The molecule has 1 aromatic rings. The Labute approximate surface area is 104 Å². The molecule has 0 spiro atoms. The number of rotatable bonds is 3. The molecular weight excluding hydrogens is 244 g/mol. The summed E-state index contributed by atoms with van der Waals surface area (Å²) >= 11 is 7.22. The molecule has 16 heavy (non-hydrogen) atoms. The van der Waals surface area contributed by atoms with Gasteiger partial charge in [-0.25, -0.2) is 0 Å². The quantitative estimate of drug-likeness (QED) is 0.667. The van der Waals surface area contributed by atoms with Crippen LogP contribution in [0.2, 0.25) is 0 Å². The van der Waals surface area contributed by atoms with Gasteiger partial charge in [0.15, 0.2) is 0 Å². The fraction of sp³-hybridized carbons (Fsp3) is 0.364. The van der Waals surface area contributed by atoms with Gasteiger partial charge in [0, 0.05) is 23.0 Å². The molecule has 1 aliphatic rings. The van der Waals surface area contributed by atoms with Crippen LogP contribution >= 0.6 is 23.4 Å². The van der Waals surface area contributed by atoms with Crippen molar-refractivity contribution in [1.82, 2.24) is 0 Å². The first-order valence-electron chi connectivity index (χ1n) is 5.11. The molecule has 0 fully saturated rings. The van der Waals surface area contributed by atoms with Gasteiger partial charge < -0.3 is 10.6 Å². The number of nitrogens with zero attached hydrogens (tertiary/aromatic N) is 1. The summed E-state index contributed by atoms with van der Waals surface area (Å²) in [5.41, 5.74) is 7.35. The van der Waals surface area contributed by atoms with E-state index in [1.54, 1.807) is 16.7 Å². The molecule has 0 aliphatic carbocycles. The lowest BCUT2D eigenvalue weighted by molar-refractivity contribution is -0.116. The maximum absolute atomic E-state index is 11.8. The first kappa shape index (κ1) is 11.6. The smallest absolute Gasteiger partial charge is 0.237 e. The second-order valence-electron chi connectivity index (χ2n) is 3.60. The molecule has 86 valence electrons. The number of benzene rings is 1. The highest BCUT2D eigenvalue weighted by Crippen LogP contribution is 2.36. The van der Waals surface area contributed by atoms with Gasteiger partial charge in [-0.15, -0.1) is 23.4 Å². The van der Waals surface area contributed by atoms with Crippen molar-refractivity contribution >= 4 is 40.6 Å². The number of hydrogen-bond donors (Lipinski definition) is 1. The third kappa shape index (κ3) is 2.28. The van der Waals surface area contributed by atoms with E-state index in [9.17, 15) is 4.79 Å². The van der Waals surface area contributed by atoms with Crippen LogP contribution in [0.15, 0.2) is 23.1 Å². The van der Waals surface area contributed by atoms with Crippen molar-refractivity contribution in [3.63, 3.8) is 0 Å². The van der Waals surface area contributed by atoms with Crippen LogP contribution in [0.1, 0.15) is 6.42 Å². The number of amides is 1. The molecule has 1 aromatic carbocycles. The molecule has 0 saturated carbocycles. The van der Waals surface area contributed by atoms with E-state index in [-0.39, 0.29) is 5.91 Å². The molecule has 5 heteroatoms. The minimum atomic E-state index is 0.133. The van der Waals surface area contributed by atoms with Crippen LogP contribution in [0.25, 0.3) is 0 Å². The van der Waals surface area contributed by atoms with Crippen LogP contribution in [0, 0.1) is 0 Å². The van der Waals surface area contributed by atoms with E-state index in [0.29, 0.717) is 23.9 Å². The first-order chi connectivity index (χ1) is 7.72. The van der Waals surface area contributed by atoms with E-state index < -0.39 is 0 Å². The van der Waals surface area contributed by atoms with Crippen LogP contribution in [0.3, 0.4) is 0 Å². The van der Waals surface area contributed by atoms with Crippen LogP contribution < -0.4 is 10.6 Å². The minimum absolute atomic E-state index is 0.133. The topological polar surface area (TPSA) is 46.3 Å². The lowest BCUT2D eigenvalue weighted by Gasteiger charge is -2.29. The lowest BCUT2D eigenvalue weighted by Crippen LogP contribution is -2.36. The van der Waals surface area contributed by atoms with Crippen molar-refractivity contribution < 1.29 is 4.79 Å². The number of anilines is 2. The van der Waals surface area contributed by atoms with Gasteiger partial charge in [-0.2, -0.15) is 0 Å². The number of alkyl halides is 1. The zero-order chi connectivity index (χ0) is 11.5. The number of thioether (sulfide) groups is 1. The van der Waals surface area contributed by atoms with Crippen molar-refractivity contribution in [1.29, 1.82) is 0 Å². The van der Waals surface area contributed by atoms with Gasteiger partial charge in [-0.05, 0) is 24.6 Å². The maximum Gasteiger partial charge on any atom is 0.237 e. The summed E-state index contributed by atoms with van der Waals surface area (Å²) in [5.74, 6) is 1.20. The second kappa shape index (κ2) is 4.97. The summed E-state index contributed by atoms with van der Waals surface area (Å²) in [4.78, 5) is 14.7. The highest BCUT2D eigenvalue weighted by atomic mass is 35.5. The molecule has 0 radical (unpaired) electrons. The number of nitrogen functional groups attached to an aromatic ring is 1. The second-order valence-corrected chi connectivity index (χ2v) is 5.00. The number of carbonyl (C=O) groups is 1. The number of carbonyl (C=O) groups excluding carboxylic acids is 1. The van der Waals surface area contributed by atoms with Gasteiger partial charge in [-0.1, -0.05) is 0 Å². The normalized spacial score (nSPS) is 15.1. The molecule has 0 atom stereocenters. The van der Waals surface area contributed by atoms with Gasteiger partial charge in [0.05, 0.1) is 11.4 Å². The lowest BCUT2D eigenvalue weighted by atomic mass is 10.2. The van der Waals surface area contributed by atoms with Crippen LogP contribution in [-0.2, 0) is 4.79 Å². The first-order valence-corrected chi connectivity index (χ1v) is 6.63. The van der Waals surface area contributed by atoms with Gasteiger partial charge in [-0.3, -0.25) is 4.79 Å². The Morgan fingerprint density at radius 1 is 1.50 bits per heavy atom. The minimum Gasteiger partial charge on any atom is -0.399 e. The predicted octanol–water partition coefficient (Wildman–Crippen LogP) is 2.34. The van der Waals surface area contributed by atoms with Crippen LogP contribution in [0.4, 0.5) is 11.4 Å². The van der Waals surface area contributed by atoms with Crippen molar-refractivity contribution in [3.05, 3.63) is 18.2 Å². The Morgan fingerprint density at radius 3 is 3.06 bits per heavy atom. The summed E-state index contributed by atoms with van der Waals surface area (Å²) in [6, 6.07) is 5.68. The summed E-state index contributed by atoms with van der Waals surface area (Å²) in [6.45, 7) is 0.666. The summed E-state index contributed by atoms with van der Waals surface area (Å²) < 4.78 is 0. The molecule has 2 N–H and O–H groups in total. The third-order valence-electron chi connectivity index (χ3n) is 2.44. The Balaban J connectivity index is 2.31. The largest absolute Gasteiger partial charge is 0.399 e. The summed E-state index contributed by atoms with van der Waals surface area (Å²) in [6.07, 6.45) is 0.798. The fourth-order valence-corrected chi connectivity index (χ4v) is 2.72. The van der Waals surface area contributed by atoms with Gasteiger partial charge in [0.25, 0.3) is 0 Å². The van der Waals surface area contributed by atoms with E-state index in [4.69, 9.17) is 17.3 Å². The highest BCUT2D eigenvalue weighted by molar-refractivity contribution is 8.00. The van der Waals surface area contributed by atoms with Gasteiger partial charge in [0.1, 0.15) is 0 Å². The van der Waals surface area contributed by atoms with Gasteiger partial charge in [0.2, 0.25) is 5.91 Å². The number of halogens is 1. The standard InChI is InChI=1S/C11H13ClN2OS/c12-4-1-5-14-9-6-8(13)2-3-10(9)16-7-11(14)15/h2-3,6H,1,4-5,7,13H2. The zero-order valence-corrected chi connectivity index (χ0v) is 10.4. The molecule has 1 amide bonds. The Kier molecular flexibility index (Phi) is 3.61. The Bertz CT molecular complexity index is 411. The maximum atomic E-state index is 11.8. The van der Waals surface area contributed by atoms with E-state index >= 15 is 0 Å². The molecule has 1 aliphatic heterocycles. The summed E-state index contributed by atoms with van der Waals surface area (Å²) in [7, 11) is 0. The van der Waals surface area contributed by atoms with Crippen molar-refractivity contribution in [2.45, 2.75) is 11.3 Å². The third-order valence-corrected chi connectivity index (χ3v) is 3.76. The fourth-order valence-electron chi connectivity index (χ4n) is 1.68. The molecule has 0 saturated heterocycles. The molecule has 2 rings (SSSR count). The van der Waals surface area contributed by atoms with E-state index in [1.807, 2.05) is 18.2 Å². The number of hydrogen-bond acceptors (Lipinski definition) is 3. The van der Waals surface area contributed by atoms with E-state index in [1.165, 1.54) is 0 Å². The van der Waals surface area contributed by atoms with Crippen LogP contribution in [0.5, 0.6) is 0 Å². The predicted molar refractivity (Wildman–Crippen MR) is 69.3 cm³/mol.